The third-order valence-corrected chi connectivity index (χ3v) is 2.59. The van der Waals surface area contributed by atoms with Crippen molar-refractivity contribution in [1.82, 2.24) is 10.1 Å². The predicted octanol–water partition coefficient (Wildman–Crippen LogP) is 2.11. The summed E-state index contributed by atoms with van der Waals surface area (Å²) in [6.45, 7) is 0. The Hall–Kier alpha value is -2.43. The summed E-state index contributed by atoms with van der Waals surface area (Å²) in [5.74, 6) is 0.374. The standard InChI is InChI=1S/C11H9N3O2/c12-11-8(5-14-16-11)6-1-2-9-7(10(6)15)3-4-13-9/h1-5,13,15H,12H2. The van der Waals surface area contributed by atoms with Crippen molar-refractivity contribution >= 4 is 16.8 Å². The van der Waals surface area contributed by atoms with Crippen LogP contribution in [0.5, 0.6) is 5.75 Å². The van der Waals surface area contributed by atoms with Crippen molar-refractivity contribution in [2.75, 3.05) is 5.73 Å². The smallest absolute Gasteiger partial charge is 0.230 e. The summed E-state index contributed by atoms with van der Waals surface area (Å²) in [7, 11) is 0. The molecule has 0 bridgehead atoms. The van der Waals surface area contributed by atoms with E-state index >= 15 is 0 Å². The lowest BCUT2D eigenvalue weighted by Gasteiger charge is -2.03. The molecule has 0 aliphatic heterocycles. The number of hydrogen-bond donors (Lipinski definition) is 3. The van der Waals surface area contributed by atoms with Crippen LogP contribution in [0.2, 0.25) is 0 Å². The van der Waals surface area contributed by atoms with E-state index in [1.807, 2.05) is 6.07 Å². The Labute approximate surface area is 90.5 Å². The molecular formula is C11H9N3O2. The molecule has 2 heterocycles. The van der Waals surface area contributed by atoms with Crippen LogP contribution in [-0.4, -0.2) is 15.2 Å². The number of anilines is 1. The summed E-state index contributed by atoms with van der Waals surface area (Å²) in [6.07, 6.45) is 3.26. The van der Waals surface area contributed by atoms with Gasteiger partial charge in [-0.2, -0.15) is 0 Å². The van der Waals surface area contributed by atoms with Gasteiger partial charge in [-0.15, -0.1) is 0 Å². The molecule has 0 atom stereocenters. The van der Waals surface area contributed by atoms with Crippen molar-refractivity contribution in [1.29, 1.82) is 0 Å². The van der Waals surface area contributed by atoms with E-state index in [0.29, 0.717) is 11.1 Å². The maximum absolute atomic E-state index is 10.1. The molecule has 3 aromatic rings. The molecule has 0 amide bonds. The zero-order valence-corrected chi connectivity index (χ0v) is 8.27. The minimum Gasteiger partial charge on any atom is -0.507 e. The summed E-state index contributed by atoms with van der Waals surface area (Å²) >= 11 is 0. The number of nitrogens with two attached hydrogens (primary N) is 1. The topological polar surface area (TPSA) is 88.1 Å². The molecule has 5 nitrogen and oxygen atoms in total. The van der Waals surface area contributed by atoms with Gasteiger partial charge >= 0.3 is 0 Å². The Morgan fingerprint density at radius 1 is 1.25 bits per heavy atom. The van der Waals surface area contributed by atoms with Crippen LogP contribution in [0.1, 0.15) is 0 Å². The monoisotopic (exact) mass is 215 g/mol. The van der Waals surface area contributed by atoms with Crippen molar-refractivity contribution < 1.29 is 9.63 Å². The highest BCUT2D eigenvalue weighted by Gasteiger charge is 2.13. The van der Waals surface area contributed by atoms with Crippen LogP contribution in [0.25, 0.3) is 22.0 Å². The molecule has 3 rings (SSSR count). The van der Waals surface area contributed by atoms with E-state index in [2.05, 4.69) is 10.1 Å². The lowest BCUT2D eigenvalue weighted by atomic mass is 10.1. The average molecular weight is 215 g/mol. The van der Waals surface area contributed by atoms with Crippen molar-refractivity contribution in [2.24, 2.45) is 0 Å². The molecule has 0 aliphatic carbocycles. The number of phenolic OH excluding ortho intramolecular Hbond substituents is 1. The number of nitrogens with zero attached hydrogens (tertiary/aromatic N) is 1. The molecule has 2 aromatic heterocycles. The number of nitrogen functional groups attached to an aromatic ring is 1. The summed E-state index contributed by atoms with van der Waals surface area (Å²) in [6, 6.07) is 5.45. The van der Waals surface area contributed by atoms with Crippen LogP contribution >= 0.6 is 0 Å². The number of aromatic amines is 1. The highest BCUT2D eigenvalue weighted by molar-refractivity contribution is 5.94. The van der Waals surface area contributed by atoms with Crippen molar-refractivity contribution in [2.45, 2.75) is 0 Å². The molecule has 0 saturated carbocycles. The van der Waals surface area contributed by atoms with Crippen molar-refractivity contribution in [3.63, 3.8) is 0 Å². The Kier molecular flexibility index (Phi) is 1.67. The minimum absolute atomic E-state index is 0.175. The zero-order chi connectivity index (χ0) is 11.1. The fourth-order valence-electron chi connectivity index (χ4n) is 1.79. The van der Waals surface area contributed by atoms with Crippen LogP contribution in [0.4, 0.5) is 5.88 Å². The summed E-state index contributed by atoms with van der Waals surface area (Å²) in [4.78, 5) is 3.02. The first kappa shape index (κ1) is 8.84. The van der Waals surface area contributed by atoms with Gasteiger partial charge in [0.15, 0.2) is 0 Å². The lowest BCUT2D eigenvalue weighted by molar-refractivity contribution is 0.436. The SMILES string of the molecule is Nc1oncc1-c1ccc2[nH]ccc2c1O. The maximum atomic E-state index is 10.1. The normalized spacial score (nSPS) is 11.0. The highest BCUT2D eigenvalue weighted by atomic mass is 16.5. The molecule has 5 heteroatoms. The predicted molar refractivity (Wildman–Crippen MR) is 59.9 cm³/mol. The average Bonchev–Trinajstić information content (AvgIpc) is 2.88. The molecule has 0 unspecified atom stereocenters. The van der Waals surface area contributed by atoms with Crippen LogP contribution in [0.15, 0.2) is 35.1 Å². The number of aromatic hydroxyl groups is 1. The highest BCUT2D eigenvalue weighted by Crippen LogP contribution is 2.37. The van der Waals surface area contributed by atoms with Crippen molar-refractivity contribution in [3.8, 4) is 16.9 Å². The third kappa shape index (κ3) is 1.08. The number of fused-ring (bicyclic) bond motifs is 1. The Balaban J connectivity index is 2.32. The molecule has 0 fully saturated rings. The molecule has 0 aliphatic rings. The van der Waals surface area contributed by atoms with Gasteiger partial charge in [-0.05, 0) is 18.2 Å². The van der Waals surface area contributed by atoms with Crippen molar-refractivity contribution in [3.05, 3.63) is 30.6 Å². The number of rotatable bonds is 1. The van der Waals surface area contributed by atoms with Gasteiger partial charge in [0, 0.05) is 22.7 Å². The zero-order valence-electron chi connectivity index (χ0n) is 8.27. The number of hydrogen-bond acceptors (Lipinski definition) is 4. The van der Waals surface area contributed by atoms with E-state index < -0.39 is 0 Å². The molecule has 1 aromatic carbocycles. The Morgan fingerprint density at radius 3 is 2.88 bits per heavy atom. The maximum Gasteiger partial charge on any atom is 0.230 e. The van der Waals surface area contributed by atoms with Gasteiger partial charge in [0.05, 0.1) is 11.8 Å². The molecule has 0 radical (unpaired) electrons. The molecule has 0 saturated heterocycles. The number of aromatic nitrogens is 2. The molecule has 80 valence electrons. The van der Waals surface area contributed by atoms with Gasteiger partial charge < -0.3 is 20.3 Å². The van der Waals surface area contributed by atoms with E-state index in [1.165, 1.54) is 6.20 Å². The van der Waals surface area contributed by atoms with E-state index in [1.54, 1.807) is 18.3 Å². The van der Waals surface area contributed by atoms with Crippen LogP contribution in [-0.2, 0) is 0 Å². The van der Waals surface area contributed by atoms with E-state index in [4.69, 9.17) is 10.3 Å². The van der Waals surface area contributed by atoms with E-state index in [9.17, 15) is 5.11 Å². The summed E-state index contributed by atoms with van der Waals surface area (Å²) in [5, 5.41) is 14.4. The lowest BCUT2D eigenvalue weighted by Crippen LogP contribution is -1.85. The van der Waals surface area contributed by atoms with Gasteiger partial charge in [-0.25, -0.2) is 0 Å². The molecule has 16 heavy (non-hydrogen) atoms. The van der Waals surface area contributed by atoms with Gasteiger partial charge in [0.2, 0.25) is 5.88 Å². The van der Waals surface area contributed by atoms with Gasteiger partial charge in [0.25, 0.3) is 0 Å². The second-order valence-corrected chi connectivity index (χ2v) is 3.50. The number of H-pyrrole nitrogens is 1. The van der Waals surface area contributed by atoms with Gasteiger partial charge in [-0.1, -0.05) is 5.16 Å². The minimum atomic E-state index is 0.175. The largest absolute Gasteiger partial charge is 0.507 e. The number of phenols is 1. The van der Waals surface area contributed by atoms with E-state index in [-0.39, 0.29) is 11.6 Å². The molecule has 4 N–H and O–H groups in total. The van der Waals surface area contributed by atoms with E-state index in [0.717, 1.165) is 10.9 Å². The molecule has 0 spiro atoms. The first-order valence-electron chi connectivity index (χ1n) is 4.77. The summed E-state index contributed by atoms with van der Waals surface area (Å²) < 4.78 is 4.78. The first-order valence-corrected chi connectivity index (χ1v) is 4.77. The second kappa shape index (κ2) is 3.03. The quantitative estimate of drug-likeness (QED) is 0.580. The first-order chi connectivity index (χ1) is 7.77. The Morgan fingerprint density at radius 2 is 2.12 bits per heavy atom. The van der Waals surface area contributed by atoms with Gasteiger partial charge in [-0.3, -0.25) is 0 Å². The number of nitrogens with one attached hydrogen (secondary N) is 1. The fourth-order valence-corrected chi connectivity index (χ4v) is 1.79. The van der Waals surface area contributed by atoms with Gasteiger partial charge in [0.1, 0.15) is 5.75 Å². The van der Waals surface area contributed by atoms with Crippen LogP contribution in [0, 0.1) is 0 Å². The number of benzene rings is 1. The third-order valence-electron chi connectivity index (χ3n) is 2.59. The fraction of sp³-hybridized carbons (Fsp3) is 0. The summed E-state index contributed by atoms with van der Waals surface area (Å²) in [5.41, 5.74) is 7.70. The van der Waals surface area contributed by atoms with Crippen LogP contribution in [0.3, 0.4) is 0 Å². The Bertz CT molecular complexity index is 654. The second-order valence-electron chi connectivity index (χ2n) is 3.50. The molecular weight excluding hydrogens is 206 g/mol. The van der Waals surface area contributed by atoms with Crippen LogP contribution < -0.4 is 5.73 Å².